The van der Waals surface area contributed by atoms with Gasteiger partial charge in [0.15, 0.2) is 5.13 Å². The monoisotopic (exact) mass is 268 g/mol. The van der Waals surface area contributed by atoms with Crippen LogP contribution in [0.5, 0.6) is 0 Å². The highest BCUT2D eigenvalue weighted by atomic mass is 32.1. The Morgan fingerprint density at radius 3 is 2.83 bits per heavy atom. The van der Waals surface area contributed by atoms with Crippen molar-refractivity contribution in [3.63, 3.8) is 0 Å². The molecule has 4 nitrogen and oxygen atoms in total. The normalized spacial score (nSPS) is 22.2. The SMILES string of the molecule is CCC1CN(C)CCCN1c1nc(C)c(CN)s1. The Morgan fingerprint density at radius 1 is 1.44 bits per heavy atom. The summed E-state index contributed by atoms with van der Waals surface area (Å²) < 4.78 is 0. The second kappa shape index (κ2) is 5.99. The first kappa shape index (κ1) is 13.8. The predicted molar refractivity (Wildman–Crippen MR) is 78.3 cm³/mol. The van der Waals surface area contributed by atoms with Crippen molar-refractivity contribution >= 4 is 16.5 Å². The smallest absolute Gasteiger partial charge is 0.186 e. The number of nitrogens with zero attached hydrogens (tertiary/aromatic N) is 3. The molecule has 1 saturated heterocycles. The van der Waals surface area contributed by atoms with Crippen LogP contribution in [-0.2, 0) is 6.54 Å². The molecule has 0 amide bonds. The molecule has 0 radical (unpaired) electrons. The van der Waals surface area contributed by atoms with Crippen molar-refractivity contribution in [1.29, 1.82) is 0 Å². The van der Waals surface area contributed by atoms with E-state index in [9.17, 15) is 0 Å². The highest BCUT2D eigenvalue weighted by Gasteiger charge is 2.24. The Morgan fingerprint density at radius 2 is 2.22 bits per heavy atom. The van der Waals surface area contributed by atoms with Gasteiger partial charge in [-0.2, -0.15) is 0 Å². The summed E-state index contributed by atoms with van der Waals surface area (Å²) in [5.74, 6) is 0. The van der Waals surface area contributed by atoms with E-state index in [4.69, 9.17) is 10.7 Å². The Bertz CT molecular complexity index is 390. The average molecular weight is 268 g/mol. The lowest BCUT2D eigenvalue weighted by Gasteiger charge is -2.29. The topological polar surface area (TPSA) is 45.4 Å². The Kier molecular flexibility index (Phi) is 4.59. The highest BCUT2D eigenvalue weighted by Crippen LogP contribution is 2.29. The van der Waals surface area contributed by atoms with Gasteiger partial charge in [-0.3, -0.25) is 0 Å². The van der Waals surface area contributed by atoms with Crippen molar-refractivity contribution in [2.24, 2.45) is 5.73 Å². The number of aromatic nitrogens is 1. The molecule has 0 bridgehead atoms. The molecule has 1 unspecified atom stereocenters. The van der Waals surface area contributed by atoms with E-state index >= 15 is 0 Å². The molecule has 1 atom stereocenters. The maximum atomic E-state index is 5.76. The van der Waals surface area contributed by atoms with Crippen LogP contribution in [0.1, 0.15) is 30.3 Å². The highest BCUT2D eigenvalue weighted by molar-refractivity contribution is 7.15. The van der Waals surface area contributed by atoms with E-state index in [0.29, 0.717) is 12.6 Å². The van der Waals surface area contributed by atoms with Gasteiger partial charge >= 0.3 is 0 Å². The summed E-state index contributed by atoms with van der Waals surface area (Å²) in [5.41, 5.74) is 6.86. The molecule has 18 heavy (non-hydrogen) atoms. The molecule has 0 spiro atoms. The number of hydrogen-bond donors (Lipinski definition) is 1. The van der Waals surface area contributed by atoms with Crippen LogP contribution >= 0.6 is 11.3 Å². The van der Waals surface area contributed by atoms with E-state index in [1.807, 2.05) is 0 Å². The Balaban J connectivity index is 2.22. The van der Waals surface area contributed by atoms with Gasteiger partial charge in [-0.05, 0) is 33.4 Å². The van der Waals surface area contributed by atoms with E-state index in [1.165, 1.54) is 24.3 Å². The summed E-state index contributed by atoms with van der Waals surface area (Å²) >= 11 is 1.77. The van der Waals surface area contributed by atoms with Crippen LogP contribution in [0.15, 0.2) is 0 Å². The molecule has 0 aliphatic carbocycles. The van der Waals surface area contributed by atoms with Gasteiger partial charge < -0.3 is 15.5 Å². The van der Waals surface area contributed by atoms with E-state index in [2.05, 4.69) is 30.7 Å². The van der Waals surface area contributed by atoms with Crippen LogP contribution in [0, 0.1) is 6.92 Å². The van der Waals surface area contributed by atoms with Gasteiger partial charge in [0.25, 0.3) is 0 Å². The molecule has 1 fully saturated rings. The number of rotatable bonds is 3. The van der Waals surface area contributed by atoms with E-state index in [-0.39, 0.29) is 0 Å². The molecule has 0 saturated carbocycles. The zero-order chi connectivity index (χ0) is 13.1. The Labute approximate surface area is 114 Å². The maximum absolute atomic E-state index is 5.76. The van der Waals surface area contributed by atoms with E-state index in [0.717, 1.165) is 23.9 Å². The van der Waals surface area contributed by atoms with Gasteiger partial charge in [0.2, 0.25) is 0 Å². The van der Waals surface area contributed by atoms with Crippen molar-refractivity contribution in [2.75, 3.05) is 31.6 Å². The fraction of sp³-hybridized carbons (Fsp3) is 0.769. The first-order chi connectivity index (χ1) is 8.65. The van der Waals surface area contributed by atoms with Gasteiger partial charge in [0.1, 0.15) is 0 Å². The minimum atomic E-state index is 0.577. The van der Waals surface area contributed by atoms with Gasteiger partial charge in [-0.1, -0.05) is 6.92 Å². The number of aryl methyl sites for hydroxylation is 1. The third-order valence-corrected chi connectivity index (χ3v) is 4.90. The largest absolute Gasteiger partial charge is 0.344 e. The zero-order valence-electron chi connectivity index (χ0n) is 11.6. The van der Waals surface area contributed by atoms with E-state index in [1.54, 1.807) is 11.3 Å². The van der Waals surface area contributed by atoms with Crippen LogP contribution in [0.3, 0.4) is 0 Å². The number of nitrogens with two attached hydrogens (primary N) is 1. The van der Waals surface area contributed by atoms with Gasteiger partial charge in [-0.15, -0.1) is 11.3 Å². The lowest BCUT2D eigenvalue weighted by molar-refractivity contribution is 0.328. The minimum Gasteiger partial charge on any atom is -0.344 e. The lowest BCUT2D eigenvalue weighted by atomic mass is 10.2. The van der Waals surface area contributed by atoms with E-state index < -0.39 is 0 Å². The molecular formula is C13H24N4S. The molecule has 1 aliphatic heterocycles. The summed E-state index contributed by atoms with van der Waals surface area (Å²) in [6.45, 7) is 8.36. The molecular weight excluding hydrogens is 244 g/mol. The number of likely N-dealkylation sites (N-methyl/N-ethyl adjacent to an activating group) is 1. The molecule has 1 aliphatic rings. The Hall–Kier alpha value is -0.650. The van der Waals surface area contributed by atoms with Gasteiger partial charge in [-0.25, -0.2) is 4.98 Å². The summed E-state index contributed by atoms with van der Waals surface area (Å²) in [6, 6.07) is 0.577. The van der Waals surface area contributed by atoms with Gasteiger partial charge in [0.05, 0.1) is 5.69 Å². The molecule has 2 rings (SSSR count). The van der Waals surface area contributed by atoms with Crippen LogP contribution in [0.2, 0.25) is 0 Å². The predicted octanol–water partition coefficient (Wildman–Crippen LogP) is 1.83. The molecule has 1 aromatic rings. The molecule has 1 aromatic heterocycles. The first-order valence-electron chi connectivity index (χ1n) is 6.77. The molecule has 0 aromatic carbocycles. The molecule has 2 N–H and O–H groups in total. The van der Waals surface area contributed by atoms with Crippen molar-refractivity contribution < 1.29 is 0 Å². The molecule has 102 valence electrons. The summed E-state index contributed by atoms with van der Waals surface area (Å²) in [6.07, 6.45) is 2.38. The number of hydrogen-bond acceptors (Lipinski definition) is 5. The molecule has 5 heteroatoms. The summed E-state index contributed by atoms with van der Waals surface area (Å²) in [4.78, 5) is 10.9. The first-order valence-corrected chi connectivity index (χ1v) is 7.59. The van der Waals surface area contributed by atoms with Crippen molar-refractivity contribution in [2.45, 2.75) is 39.3 Å². The van der Waals surface area contributed by atoms with Crippen LogP contribution in [0.4, 0.5) is 5.13 Å². The standard InChI is InChI=1S/C13H24N4S/c1-4-11-9-16(3)6-5-7-17(11)13-15-10(2)12(8-14)18-13/h11H,4-9,14H2,1-3H3. The third-order valence-electron chi connectivity index (χ3n) is 3.69. The average Bonchev–Trinajstić information content (AvgIpc) is 2.62. The number of anilines is 1. The fourth-order valence-electron chi connectivity index (χ4n) is 2.57. The molecule has 2 heterocycles. The second-order valence-corrected chi connectivity index (χ2v) is 6.14. The third kappa shape index (κ3) is 2.84. The minimum absolute atomic E-state index is 0.577. The lowest BCUT2D eigenvalue weighted by Crippen LogP contribution is -2.39. The summed E-state index contributed by atoms with van der Waals surface area (Å²) in [5, 5.41) is 1.16. The van der Waals surface area contributed by atoms with Crippen LogP contribution < -0.4 is 10.6 Å². The quantitative estimate of drug-likeness (QED) is 0.908. The maximum Gasteiger partial charge on any atom is 0.186 e. The zero-order valence-corrected chi connectivity index (χ0v) is 12.5. The number of thiazole rings is 1. The fourth-order valence-corrected chi connectivity index (χ4v) is 3.61. The van der Waals surface area contributed by atoms with Crippen LogP contribution in [0.25, 0.3) is 0 Å². The summed E-state index contributed by atoms with van der Waals surface area (Å²) in [7, 11) is 2.21. The van der Waals surface area contributed by atoms with Crippen molar-refractivity contribution in [1.82, 2.24) is 9.88 Å². The van der Waals surface area contributed by atoms with Crippen molar-refractivity contribution in [3.8, 4) is 0 Å². The second-order valence-electron chi connectivity index (χ2n) is 5.08. The van der Waals surface area contributed by atoms with Crippen molar-refractivity contribution in [3.05, 3.63) is 10.6 Å². The van der Waals surface area contributed by atoms with Crippen LogP contribution in [-0.4, -0.2) is 42.6 Å². The van der Waals surface area contributed by atoms with Gasteiger partial charge in [0, 0.05) is 30.6 Å².